The zero-order valence-corrected chi connectivity index (χ0v) is 10.2. The van der Waals surface area contributed by atoms with E-state index in [1.807, 2.05) is 6.92 Å². The molecule has 88 valence electrons. The lowest BCUT2D eigenvalue weighted by Gasteiger charge is -2.40. The minimum Gasteiger partial charge on any atom is -0.493 e. The van der Waals surface area contributed by atoms with Gasteiger partial charge in [0.15, 0.2) is 11.6 Å². The van der Waals surface area contributed by atoms with E-state index in [-0.39, 0.29) is 5.75 Å². The Kier molecular flexibility index (Phi) is 2.84. The van der Waals surface area contributed by atoms with Gasteiger partial charge in [-0.05, 0) is 37.8 Å². The summed E-state index contributed by atoms with van der Waals surface area (Å²) in [5.74, 6) is -0.200. The van der Waals surface area contributed by atoms with Crippen LogP contribution in [0.25, 0.3) is 0 Å². The molecule has 0 unspecified atom stereocenters. The van der Waals surface area contributed by atoms with Gasteiger partial charge >= 0.3 is 0 Å². The number of halogens is 2. The Morgan fingerprint density at radius 3 is 2.56 bits per heavy atom. The highest BCUT2D eigenvalue weighted by atomic mass is 35.5. The van der Waals surface area contributed by atoms with Gasteiger partial charge in [0.1, 0.15) is 0 Å². The van der Waals surface area contributed by atoms with E-state index in [1.165, 1.54) is 13.2 Å². The fraction of sp³-hybridized carbons (Fsp3) is 0.500. The summed E-state index contributed by atoms with van der Waals surface area (Å²) in [5.41, 5.74) is 7.31. The number of nitrogens with two attached hydrogens (primary N) is 1. The molecule has 0 radical (unpaired) electrons. The molecule has 0 saturated heterocycles. The van der Waals surface area contributed by atoms with Crippen LogP contribution in [0.5, 0.6) is 5.75 Å². The maximum absolute atomic E-state index is 13.7. The van der Waals surface area contributed by atoms with Crippen molar-refractivity contribution >= 4 is 11.6 Å². The number of benzene rings is 1. The molecule has 0 amide bonds. The van der Waals surface area contributed by atoms with Crippen molar-refractivity contribution in [2.75, 3.05) is 7.11 Å². The van der Waals surface area contributed by atoms with Gasteiger partial charge in [-0.1, -0.05) is 11.6 Å². The molecule has 2 rings (SSSR count). The van der Waals surface area contributed by atoms with Crippen LogP contribution < -0.4 is 10.5 Å². The zero-order chi connectivity index (χ0) is 11.9. The molecule has 2 nitrogen and oxygen atoms in total. The third-order valence-corrected chi connectivity index (χ3v) is 3.77. The number of hydrogen-bond donors (Lipinski definition) is 1. The number of methoxy groups -OCH3 is 1. The van der Waals surface area contributed by atoms with Crippen LogP contribution in [0.15, 0.2) is 6.07 Å². The van der Waals surface area contributed by atoms with E-state index in [1.54, 1.807) is 0 Å². The molecule has 0 aromatic heterocycles. The van der Waals surface area contributed by atoms with Crippen molar-refractivity contribution in [3.8, 4) is 5.75 Å². The average molecular weight is 244 g/mol. The lowest BCUT2D eigenvalue weighted by Crippen LogP contribution is -2.44. The second-order valence-corrected chi connectivity index (χ2v) is 4.79. The van der Waals surface area contributed by atoms with Crippen molar-refractivity contribution in [3.63, 3.8) is 0 Å². The Morgan fingerprint density at radius 1 is 1.50 bits per heavy atom. The van der Waals surface area contributed by atoms with Crippen molar-refractivity contribution in [3.05, 3.63) is 28.0 Å². The quantitative estimate of drug-likeness (QED) is 0.866. The lowest BCUT2D eigenvalue weighted by molar-refractivity contribution is 0.239. The highest BCUT2D eigenvalue weighted by Gasteiger charge is 2.39. The standard InChI is InChI=1S/C12H15ClFNO/c1-7-8(13)6-9(14)11(16-2)10(7)12(15)4-3-5-12/h6H,3-5,15H2,1-2H3. The van der Waals surface area contributed by atoms with E-state index < -0.39 is 11.4 Å². The molecular formula is C12H15ClFNO. The number of hydrogen-bond acceptors (Lipinski definition) is 2. The molecule has 1 aromatic rings. The first-order chi connectivity index (χ1) is 7.49. The molecule has 0 bridgehead atoms. The topological polar surface area (TPSA) is 35.2 Å². The Balaban J connectivity index is 2.65. The molecule has 1 aliphatic rings. The predicted molar refractivity (Wildman–Crippen MR) is 62.4 cm³/mol. The van der Waals surface area contributed by atoms with Gasteiger partial charge in [-0.25, -0.2) is 4.39 Å². The first-order valence-corrected chi connectivity index (χ1v) is 5.69. The average Bonchev–Trinajstić information content (AvgIpc) is 2.19. The van der Waals surface area contributed by atoms with Crippen LogP contribution in [0, 0.1) is 12.7 Å². The molecule has 0 heterocycles. The van der Waals surface area contributed by atoms with Gasteiger partial charge in [0, 0.05) is 16.1 Å². The van der Waals surface area contributed by atoms with Gasteiger partial charge in [-0.3, -0.25) is 0 Å². The summed E-state index contributed by atoms with van der Waals surface area (Å²) >= 11 is 5.98. The minimum atomic E-state index is -0.471. The maximum atomic E-state index is 13.7. The summed E-state index contributed by atoms with van der Waals surface area (Å²) in [6.45, 7) is 1.85. The van der Waals surface area contributed by atoms with Gasteiger partial charge in [-0.15, -0.1) is 0 Å². The fourth-order valence-electron chi connectivity index (χ4n) is 2.30. The molecule has 1 aromatic carbocycles. The predicted octanol–water partition coefficient (Wildman–Crippen LogP) is 3.13. The molecular weight excluding hydrogens is 229 g/mol. The van der Waals surface area contributed by atoms with E-state index in [0.29, 0.717) is 5.02 Å². The summed E-state index contributed by atoms with van der Waals surface area (Å²) in [6, 6.07) is 1.28. The van der Waals surface area contributed by atoms with Crippen LogP contribution in [-0.4, -0.2) is 7.11 Å². The zero-order valence-electron chi connectivity index (χ0n) is 9.44. The van der Waals surface area contributed by atoms with Gasteiger partial charge in [0.05, 0.1) is 7.11 Å². The largest absolute Gasteiger partial charge is 0.493 e. The molecule has 4 heteroatoms. The summed E-state index contributed by atoms with van der Waals surface area (Å²) in [5, 5.41) is 0.407. The van der Waals surface area contributed by atoms with Crippen molar-refractivity contribution in [2.45, 2.75) is 31.7 Å². The van der Waals surface area contributed by atoms with Gasteiger partial charge in [0.25, 0.3) is 0 Å². The Bertz CT molecular complexity index is 430. The van der Waals surface area contributed by atoms with Crippen molar-refractivity contribution in [1.82, 2.24) is 0 Å². The number of ether oxygens (including phenoxy) is 1. The molecule has 0 aliphatic heterocycles. The van der Waals surface area contributed by atoms with E-state index in [2.05, 4.69) is 0 Å². The lowest BCUT2D eigenvalue weighted by atomic mass is 9.71. The second kappa shape index (κ2) is 3.90. The van der Waals surface area contributed by atoms with Crippen LogP contribution in [0.2, 0.25) is 5.02 Å². The highest BCUT2D eigenvalue weighted by molar-refractivity contribution is 6.31. The van der Waals surface area contributed by atoms with Crippen molar-refractivity contribution in [1.29, 1.82) is 0 Å². The van der Waals surface area contributed by atoms with Gasteiger partial charge in [-0.2, -0.15) is 0 Å². The summed E-state index contributed by atoms with van der Waals surface area (Å²) < 4.78 is 18.8. The summed E-state index contributed by atoms with van der Waals surface area (Å²) in [6.07, 6.45) is 2.77. The van der Waals surface area contributed by atoms with Crippen LogP contribution in [0.3, 0.4) is 0 Å². The minimum absolute atomic E-state index is 0.240. The molecule has 1 saturated carbocycles. The van der Waals surface area contributed by atoms with E-state index in [4.69, 9.17) is 22.1 Å². The first kappa shape index (κ1) is 11.7. The van der Waals surface area contributed by atoms with E-state index in [9.17, 15) is 4.39 Å². The number of rotatable bonds is 2. The normalized spacial score (nSPS) is 18.1. The van der Waals surface area contributed by atoms with Crippen molar-refractivity contribution in [2.24, 2.45) is 5.73 Å². The third-order valence-electron chi connectivity index (χ3n) is 3.38. The van der Waals surface area contributed by atoms with Gasteiger partial charge in [0.2, 0.25) is 0 Å². The van der Waals surface area contributed by atoms with Crippen LogP contribution in [-0.2, 0) is 5.54 Å². The molecule has 1 aliphatic carbocycles. The third kappa shape index (κ3) is 1.59. The Morgan fingerprint density at radius 2 is 2.12 bits per heavy atom. The molecule has 0 spiro atoms. The van der Waals surface area contributed by atoms with Gasteiger partial charge < -0.3 is 10.5 Å². The first-order valence-electron chi connectivity index (χ1n) is 5.31. The Labute approximate surface area is 99.5 Å². The maximum Gasteiger partial charge on any atom is 0.166 e. The van der Waals surface area contributed by atoms with Crippen molar-refractivity contribution < 1.29 is 9.13 Å². The van der Waals surface area contributed by atoms with E-state index in [0.717, 1.165) is 30.4 Å². The fourth-order valence-corrected chi connectivity index (χ4v) is 2.49. The monoisotopic (exact) mass is 243 g/mol. The highest BCUT2D eigenvalue weighted by Crippen LogP contribution is 2.46. The van der Waals surface area contributed by atoms with Crippen LogP contribution >= 0.6 is 11.6 Å². The molecule has 2 N–H and O–H groups in total. The SMILES string of the molecule is COc1c(F)cc(Cl)c(C)c1C1(N)CCC1. The Hall–Kier alpha value is -0.800. The summed E-state index contributed by atoms with van der Waals surface area (Å²) in [7, 11) is 1.46. The van der Waals surface area contributed by atoms with Crippen LogP contribution in [0.1, 0.15) is 30.4 Å². The summed E-state index contributed by atoms with van der Waals surface area (Å²) in [4.78, 5) is 0. The molecule has 1 fully saturated rings. The van der Waals surface area contributed by atoms with Crippen LogP contribution in [0.4, 0.5) is 4.39 Å². The smallest absolute Gasteiger partial charge is 0.166 e. The molecule has 0 atom stereocenters. The second-order valence-electron chi connectivity index (χ2n) is 4.38. The van der Waals surface area contributed by atoms with E-state index >= 15 is 0 Å². The molecule has 16 heavy (non-hydrogen) atoms.